The number of esters is 1. The quantitative estimate of drug-likeness (QED) is 0.470. The number of hydrogen-bond acceptors (Lipinski definition) is 5. The van der Waals surface area contributed by atoms with E-state index < -0.39 is 12.1 Å². The molecule has 1 atom stereocenters. The Morgan fingerprint density at radius 3 is 2.42 bits per heavy atom. The highest BCUT2D eigenvalue weighted by Gasteiger charge is 2.26. The van der Waals surface area contributed by atoms with Gasteiger partial charge in [-0.25, -0.2) is 4.79 Å². The van der Waals surface area contributed by atoms with E-state index in [1.807, 2.05) is 6.07 Å². The van der Waals surface area contributed by atoms with Gasteiger partial charge < -0.3 is 14.4 Å². The number of benzene rings is 1. The van der Waals surface area contributed by atoms with Gasteiger partial charge in [0.1, 0.15) is 17.4 Å². The SMILES string of the molecule is COc1ccc(/C=C(\C#N)C(=O)OC(C)C(=O)N2CCCC2)cc1. The van der Waals surface area contributed by atoms with Gasteiger partial charge in [0.15, 0.2) is 6.10 Å². The number of methoxy groups -OCH3 is 1. The van der Waals surface area contributed by atoms with Crippen molar-refractivity contribution >= 4 is 18.0 Å². The minimum atomic E-state index is -0.900. The van der Waals surface area contributed by atoms with Crippen LogP contribution in [0.3, 0.4) is 0 Å². The number of hydrogen-bond donors (Lipinski definition) is 0. The Labute approximate surface area is 141 Å². The number of ether oxygens (including phenoxy) is 2. The number of carbonyl (C=O) groups is 2. The predicted octanol–water partition coefficient (Wildman–Crippen LogP) is 2.16. The summed E-state index contributed by atoms with van der Waals surface area (Å²) in [5, 5.41) is 9.18. The van der Waals surface area contributed by atoms with Crippen LogP contribution < -0.4 is 4.74 Å². The molecule has 0 bridgehead atoms. The summed E-state index contributed by atoms with van der Waals surface area (Å²) in [5.41, 5.74) is 0.518. The maximum atomic E-state index is 12.2. The maximum absolute atomic E-state index is 12.2. The standard InChI is InChI=1S/C18H20N2O4/c1-13(17(21)20-9-3-4-10-20)24-18(22)15(12-19)11-14-5-7-16(23-2)8-6-14/h5-8,11,13H,3-4,9-10H2,1-2H3/b15-11+. The molecule has 0 spiro atoms. The van der Waals surface area contributed by atoms with Crippen molar-refractivity contribution in [2.24, 2.45) is 0 Å². The summed E-state index contributed by atoms with van der Waals surface area (Å²) >= 11 is 0. The summed E-state index contributed by atoms with van der Waals surface area (Å²) in [4.78, 5) is 26.0. The molecular weight excluding hydrogens is 308 g/mol. The molecule has 1 unspecified atom stereocenters. The number of amides is 1. The normalized spacial score (nSPS) is 15.5. The average molecular weight is 328 g/mol. The van der Waals surface area contributed by atoms with Crippen LogP contribution in [0.15, 0.2) is 29.8 Å². The minimum absolute atomic E-state index is 0.152. The molecule has 1 fully saturated rings. The van der Waals surface area contributed by atoms with Crippen molar-refractivity contribution < 1.29 is 19.1 Å². The van der Waals surface area contributed by atoms with Gasteiger partial charge in [0, 0.05) is 13.1 Å². The topological polar surface area (TPSA) is 79.6 Å². The second kappa shape index (κ2) is 8.16. The molecule has 0 aromatic heterocycles. The Morgan fingerprint density at radius 1 is 1.25 bits per heavy atom. The predicted molar refractivity (Wildman–Crippen MR) is 88.0 cm³/mol. The first-order valence-electron chi connectivity index (χ1n) is 7.80. The Bertz CT molecular complexity index is 667. The van der Waals surface area contributed by atoms with Crippen LogP contribution in [-0.2, 0) is 14.3 Å². The summed E-state index contributed by atoms with van der Waals surface area (Å²) in [6, 6.07) is 8.73. The monoisotopic (exact) mass is 328 g/mol. The Morgan fingerprint density at radius 2 is 1.88 bits per heavy atom. The Kier molecular flexibility index (Phi) is 5.96. The van der Waals surface area contributed by atoms with Gasteiger partial charge in [-0.2, -0.15) is 5.26 Å². The molecule has 1 amide bonds. The largest absolute Gasteiger partial charge is 0.497 e. The van der Waals surface area contributed by atoms with Crippen molar-refractivity contribution in [3.63, 3.8) is 0 Å². The van der Waals surface area contributed by atoms with E-state index in [0.29, 0.717) is 24.4 Å². The van der Waals surface area contributed by atoms with Crippen LogP contribution in [0.4, 0.5) is 0 Å². The zero-order valence-electron chi connectivity index (χ0n) is 13.8. The van der Waals surface area contributed by atoms with E-state index in [9.17, 15) is 14.9 Å². The molecule has 1 aromatic rings. The van der Waals surface area contributed by atoms with Crippen molar-refractivity contribution in [2.45, 2.75) is 25.9 Å². The lowest BCUT2D eigenvalue weighted by Gasteiger charge is -2.20. The smallest absolute Gasteiger partial charge is 0.349 e. The molecule has 1 aliphatic rings. The van der Waals surface area contributed by atoms with Gasteiger partial charge in [-0.05, 0) is 43.5 Å². The molecule has 1 aromatic carbocycles. The van der Waals surface area contributed by atoms with Crippen LogP contribution in [0.5, 0.6) is 5.75 Å². The number of carbonyl (C=O) groups excluding carboxylic acids is 2. The molecule has 6 nitrogen and oxygen atoms in total. The molecule has 6 heteroatoms. The van der Waals surface area contributed by atoms with E-state index in [1.54, 1.807) is 36.3 Å². The van der Waals surface area contributed by atoms with Crippen LogP contribution >= 0.6 is 0 Å². The Hall–Kier alpha value is -2.81. The molecule has 1 saturated heterocycles. The van der Waals surface area contributed by atoms with Crippen molar-refractivity contribution in [1.29, 1.82) is 5.26 Å². The molecule has 1 heterocycles. The third kappa shape index (κ3) is 4.35. The average Bonchev–Trinajstić information content (AvgIpc) is 3.13. The van der Waals surface area contributed by atoms with Crippen LogP contribution in [0.1, 0.15) is 25.3 Å². The Balaban J connectivity index is 2.03. The van der Waals surface area contributed by atoms with E-state index in [1.165, 1.54) is 13.0 Å². The summed E-state index contributed by atoms with van der Waals surface area (Å²) in [6.07, 6.45) is 2.46. The zero-order chi connectivity index (χ0) is 17.5. The maximum Gasteiger partial charge on any atom is 0.349 e. The molecule has 0 N–H and O–H groups in total. The fourth-order valence-electron chi connectivity index (χ4n) is 2.47. The highest BCUT2D eigenvalue weighted by molar-refractivity contribution is 5.99. The van der Waals surface area contributed by atoms with E-state index in [4.69, 9.17) is 9.47 Å². The van der Waals surface area contributed by atoms with Gasteiger partial charge >= 0.3 is 5.97 Å². The van der Waals surface area contributed by atoms with E-state index in [-0.39, 0.29) is 11.5 Å². The van der Waals surface area contributed by atoms with Crippen molar-refractivity contribution in [3.8, 4) is 11.8 Å². The highest BCUT2D eigenvalue weighted by Crippen LogP contribution is 2.15. The van der Waals surface area contributed by atoms with Gasteiger partial charge in [-0.15, -0.1) is 0 Å². The minimum Gasteiger partial charge on any atom is -0.497 e. The second-order valence-electron chi connectivity index (χ2n) is 5.52. The number of nitrogens with zero attached hydrogens (tertiary/aromatic N) is 2. The van der Waals surface area contributed by atoms with Crippen LogP contribution in [0.2, 0.25) is 0 Å². The van der Waals surface area contributed by atoms with E-state index in [0.717, 1.165) is 12.8 Å². The fourth-order valence-corrected chi connectivity index (χ4v) is 2.47. The summed E-state index contributed by atoms with van der Waals surface area (Å²) in [6.45, 7) is 2.90. The molecule has 0 saturated carbocycles. The zero-order valence-corrected chi connectivity index (χ0v) is 13.8. The molecule has 2 rings (SSSR count). The lowest BCUT2D eigenvalue weighted by Crippen LogP contribution is -2.38. The summed E-state index contributed by atoms with van der Waals surface area (Å²) in [5.74, 6) is -0.339. The van der Waals surface area contributed by atoms with Crippen LogP contribution in [0, 0.1) is 11.3 Å². The van der Waals surface area contributed by atoms with Gasteiger partial charge in [-0.3, -0.25) is 4.79 Å². The second-order valence-corrected chi connectivity index (χ2v) is 5.52. The third-order valence-electron chi connectivity index (χ3n) is 3.82. The highest BCUT2D eigenvalue weighted by atomic mass is 16.5. The first-order valence-corrected chi connectivity index (χ1v) is 7.80. The summed E-state index contributed by atoms with van der Waals surface area (Å²) in [7, 11) is 1.56. The lowest BCUT2D eigenvalue weighted by molar-refractivity contribution is -0.155. The molecule has 1 aliphatic heterocycles. The van der Waals surface area contributed by atoms with Crippen molar-refractivity contribution in [1.82, 2.24) is 4.90 Å². The first kappa shape index (κ1) is 17.5. The fraction of sp³-hybridized carbons (Fsp3) is 0.389. The number of likely N-dealkylation sites (tertiary alicyclic amines) is 1. The number of rotatable bonds is 5. The van der Waals surface area contributed by atoms with E-state index >= 15 is 0 Å². The molecular formula is C18H20N2O4. The van der Waals surface area contributed by atoms with Crippen molar-refractivity contribution in [2.75, 3.05) is 20.2 Å². The lowest BCUT2D eigenvalue weighted by atomic mass is 10.1. The van der Waals surface area contributed by atoms with Crippen LogP contribution in [0.25, 0.3) is 6.08 Å². The third-order valence-corrected chi connectivity index (χ3v) is 3.82. The molecule has 126 valence electrons. The van der Waals surface area contributed by atoms with Crippen molar-refractivity contribution in [3.05, 3.63) is 35.4 Å². The van der Waals surface area contributed by atoms with Crippen LogP contribution in [-0.4, -0.2) is 43.1 Å². The van der Waals surface area contributed by atoms with Gasteiger partial charge in [0.05, 0.1) is 7.11 Å². The summed E-state index contributed by atoms with van der Waals surface area (Å²) < 4.78 is 10.2. The molecule has 0 aliphatic carbocycles. The van der Waals surface area contributed by atoms with Gasteiger partial charge in [-0.1, -0.05) is 12.1 Å². The number of nitriles is 1. The van der Waals surface area contributed by atoms with Gasteiger partial charge in [0.25, 0.3) is 5.91 Å². The van der Waals surface area contributed by atoms with Gasteiger partial charge in [0.2, 0.25) is 0 Å². The van der Waals surface area contributed by atoms with E-state index in [2.05, 4.69) is 0 Å². The molecule has 24 heavy (non-hydrogen) atoms. The molecule has 0 radical (unpaired) electrons. The first-order chi connectivity index (χ1) is 11.5.